The second-order valence-electron chi connectivity index (χ2n) is 7.89. The summed E-state index contributed by atoms with van der Waals surface area (Å²) in [6.45, 7) is 7.96. The number of hydrogen-bond acceptors (Lipinski definition) is 2. The highest BCUT2D eigenvalue weighted by Gasteiger charge is 2.34. The van der Waals surface area contributed by atoms with E-state index in [1.54, 1.807) is 0 Å². The molecule has 3 nitrogen and oxygen atoms in total. The fourth-order valence-corrected chi connectivity index (χ4v) is 4.33. The molecule has 2 rings (SSSR count). The van der Waals surface area contributed by atoms with Crippen molar-refractivity contribution in [3.63, 3.8) is 0 Å². The topological polar surface area (TPSA) is 49.3 Å². The Morgan fingerprint density at radius 1 is 1.25 bits per heavy atom. The summed E-state index contributed by atoms with van der Waals surface area (Å²) in [6, 6.07) is 0.583. The third kappa shape index (κ3) is 3.97. The van der Waals surface area contributed by atoms with Gasteiger partial charge in [0.05, 0.1) is 5.92 Å². The van der Waals surface area contributed by atoms with Crippen LogP contribution in [0.5, 0.6) is 0 Å². The number of rotatable bonds is 4. The maximum absolute atomic E-state index is 11.3. The van der Waals surface area contributed by atoms with Crippen LogP contribution in [0.4, 0.5) is 0 Å². The van der Waals surface area contributed by atoms with Crippen molar-refractivity contribution in [3.8, 4) is 0 Å². The maximum Gasteiger partial charge on any atom is 0.306 e. The van der Waals surface area contributed by atoms with Crippen molar-refractivity contribution < 1.29 is 9.90 Å². The average Bonchev–Trinajstić information content (AvgIpc) is 2.37. The lowest BCUT2D eigenvalue weighted by molar-refractivity contribution is -0.144. The molecule has 2 aliphatic rings. The molecule has 0 heterocycles. The molecule has 0 saturated heterocycles. The normalized spacial score (nSPS) is 37.5. The van der Waals surface area contributed by atoms with Crippen molar-refractivity contribution in [1.82, 2.24) is 5.32 Å². The van der Waals surface area contributed by atoms with Gasteiger partial charge in [-0.15, -0.1) is 0 Å². The van der Waals surface area contributed by atoms with E-state index >= 15 is 0 Å². The van der Waals surface area contributed by atoms with E-state index in [1.165, 1.54) is 25.7 Å². The third-order valence-electron chi connectivity index (χ3n) is 5.56. The third-order valence-corrected chi connectivity index (χ3v) is 5.56. The van der Waals surface area contributed by atoms with E-state index in [2.05, 4.69) is 26.1 Å². The van der Waals surface area contributed by atoms with Crippen LogP contribution in [0, 0.1) is 23.2 Å². The summed E-state index contributed by atoms with van der Waals surface area (Å²) in [5, 5.41) is 13.0. The Labute approximate surface area is 123 Å². The van der Waals surface area contributed by atoms with E-state index in [4.69, 9.17) is 0 Å². The van der Waals surface area contributed by atoms with Crippen LogP contribution in [0.1, 0.15) is 65.7 Å². The van der Waals surface area contributed by atoms with Gasteiger partial charge in [0.25, 0.3) is 0 Å². The van der Waals surface area contributed by atoms with Crippen molar-refractivity contribution in [2.45, 2.75) is 71.8 Å². The van der Waals surface area contributed by atoms with Crippen LogP contribution in [0.3, 0.4) is 0 Å². The number of hydrogen-bond donors (Lipinski definition) is 2. The van der Waals surface area contributed by atoms with E-state index in [1.807, 2.05) is 0 Å². The fourth-order valence-electron chi connectivity index (χ4n) is 4.33. The van der Waals surface area contributed by atoms with E-state index in [9.17, 15) is 9.90 Å². The first-order valence-electron chi connectivity index (χ1n) is 8.35. The van der Waals surface area contributed by atoms with Crippen LogP contribution in [0.2, 0.25) is 0 Å². The Hall–Kier alpha value is -0.570. The molecule has 20 heavy (non-hydrogen) atoms. The van der Waals surface area contributed by atoms with Crippen LogP contribution >= 0.6 is 0 Å². The van der Waals surface area contributed by atoms with Crippen molar-refractivity contribution in [1.29, 1.82) is 0 Å². The Morgan fingerprint density at radius 2 is 1.95 bits per heavy atom. The van der Waals surface area contributed by atoms with Gasteiger partial charge < -0.3 is 10.4 Å². The summed E-state index contributed by atoms with van der Waals surface area (Å²) in [6.07, 6.45) is 8.02. The lowest BCUT2D eigenvalue weighted by Crippen LogP contribution is -2.45. The first-order chi connectivity index (χ1) is 9.39. The van der Waals surface area contributed by atoms with Crippen molar-refractivity contribution >= 4 is 5.97 Å². The minimum atomic E-state index is -0.589. The minimum absolute atomic E-state index is 0.119. The molecule has 0 aliphatic heterocycles. The van der Waals surface area contributed by atoms with Gasteiger partial charge in [0.15, 0.2) is 0 Å². The summed E-state index contributed by atoms with van der Waals surface area (Å²) in [4.78, 5) is 11.3. The van der Waals surface area contributed by atoms with Gasteiger partial charge in [-0.05, 0) is 55.9 Å². The zero-order valence-electron chi connectivity index (χ0n) is 13.3. The Kier molecular flexibility index (Phi) is 5.11. The number of carboxylic acids is 1. The van der Waals surface area contributed by atoms with Gasteiger partial charge in [0, 0.05) is 6.04 Å². The second-order valence-corrected chi connectivity index (χ2v) is 7.89. The van der Waals surface area contributed by atoms with E-state index in [-0.39, 0.29) is 5.92 Å². The fraction of sp³-hybridized carbons (Fsp3) is 0.941. The SMILES string of the molecule is CC1CC(C)(C)CCC1NCC1CCCCC1C(=O)O. The maximum atomic E-state index is 11.3. The van der Waals surface area contributed by atoms with Gasteiger partial charge in [-0.2, -0.15) is 0 Å². The molecule has 116 valence electrons. The average molecular weight is 281 g/mol. The predicted octanol–water partition coefficient (Wildman–Crippen LogP) is 3.68. The van der Waals surface area contributed by atoms with Gasteiger partial charge in [-0.25, -0.2) is 0 Å². The Balaban J connectivity index is 1.83. The highest BCUT2D eigenvalue weighted by atomic mass is 16.4. The lowest BCUT2D eigenvalue weighted by Gasteiger charge is -2.40. The monoisotopic (exact) mass is 281 g/mol. The van der Waals surface area contributed by atoms with Crippen molar-refractivity contribution in [2.75, 3.05) is 6.54 Å². The highest BCUT2D eigenvalue weighted by molar-refractivity contribution is 5.70. The Bertz CT molecular complexity index is 340. The highest BCUT2D eigenvalue weighted by Crippen LogP contribution is 2.39. The summed E-state index contributed by atoms with van der Waals surface area (Å²) >= 11 is 0. The van der Waals surface area contributed by atoms with Crippen molar-refractivity contribution in [2.24, 2.45) is 23.2 Å². The predicted molar refractivity (Wildman–Crippen MR) is 81.7 cm³/mol. The van der Waals surface area contributed by atoms with Crippen LogP contribution in [-0.2, 0) is 4.79 Å². The molecule has 2 N–H and O–H groups in total. The number of nitrogens with one attached hydrogen (secondary N) is 1. The molecule has 0 radical (unpaired) electrons. The second kappa shape index (κ2) is 6.46. The van der Waals surface area contributed by atoms with Gasteiger partial charge in [0.1, 0.15) is 0 Å². The molecule has 2 saturated carbocycles. The number of carboxylic acid groups (broad SMARTS) is 1. The van der Waals surface area contributed by atoms with E-state index < -0.39 is 5.97 Å². The van der Waals surface area contributed by atoms with Crippen LogP contribution in [0.15, 0.2) is 0 Å². The van der Waals surface area contributed by atoms with Crippen LogP contribution < -0.4 is 5.32 Å². The molecule has 3 heteroatoms. The van der Waals surface area contributed by atoms with Crippen molar-refractivity contribution in [3.05, 3.63) is 0 Å². The Morgan fingerprint density at radius 3 is 2.60 bits per heavy atom. The molecular weight excluding hydrogens is 250 g/mol. The molecule has 2 fully saturated rings. The molecule has 4 atom stereocenters. The van der Waals surface area contributed by atoms with Gasteiger partial charge in [0.2, 0.25) is 0 Å². The van der Waals surface area contributed by atoms with Gasteiger partial charge in [-0.1, -0.05) is 33.6 Å². The molecule has 4 unspecified atom stereocenters. The molecule has 0 aromatic rings. The summed E-state index contributed by atoms with van der Waals surface area (Å²) in [5.41, 5.74) is 0.478. The molecule has 0 amide bonds. The summed E-state index contributed by atoms with van der Waals surface area (Å²) < 4.78 is 0. The van der Waals surface area contributed by atoms with Crippen LogP contribution in [0.25, 0.3) is 0 Å². The summed E-state index contributed by atoms with van der Waals surface area (Å²) in [5.74, 6) is 0.329. The zero-order valence-corrected chi connectivity index (χ0v) is 13.3. The van der Waals surface area contributed by atoms with E-state index in [0.29, 0.717) is 23.3 Å². The molecule has 0 aromatic carbocycles. The molecule has 0 aromatic heterocycles. The number of carbonyl (C=O) groups is 1. The standard InChI is InChI=1S/C17H31NO2/c1-12-10-17(2,3)9-8-15(12)18-11-13-6-4-5-7-14(13)16(19)20/h12-15,18H,4-11H2,1-3H3,(H,19,20). The lowest BCUT2D eigenvalue weighted by atomic mass is 9.70. The quantitative estimate of drug-likeness (QED) is 0.826. The van der Waals surface area contributed by atoms with Crippen LogP contribution in [-0.4, -0.2) is 23.7 Å². The molecule has 2 aliphatic carbocycles. The first-order valence-corrected chi connectivity index (χ1v) is 8.35. The molecule has 0 spiro atoms. The van der Waals surface area contributed by atoms with Gasteiger partial charge in [-0.3, -0.25) is 4.79 Å². The number of aliphatic carboxylic acids is 1. The molecule has 0 bridgehead atoms. The van der Waals surface area contributed by atoms with E-state index in [0.717, 1.165) is 25.8 Å². The zero-order chi connectivity index (χ0) is 14.8. The molecular formula is C17H31NO2. The minimum Gasteiger partial charge on any atom is -0.481 e. The largest absolute Gasteiger partial charge is 0.481 e. The first kappa shape index (κ1) is 15.8. The smallest absolute Gasteiger partial charge is 0.306 e. The van der Waals surface area contributed by atoms with Gasteiger partial charge >= 0.3 is 5.97 Å². The summed E-state index contributed by atoms with van der Waals surface area (Å²) in [7, 11) is 0.